The number of fused-ring (bicyclic) bond motifs is 1. The fourth-order valence-electron chi connectivity index (χ4n) is 1.88. The highest BCUT2D eigenvalue weighted by atomic mass is 16.4. The molecule has 1 aromatic heterocycles. The number of carboxylic acids is 1. The number of nitrogens with one attached hydrogen (secondary N) is 1. The van der Waals surface area contributed by atoms with Crippen LogP contribution in [0.5, 0.6) is 0 Å². The number of benzene rings is 1. The molecule has 0 unspecified atom stereocenters. The molecule has 0 amide bonds. The van der Waals surface area contributed by atoms with E-state index in [1.54, 1.807) is 0 Å². The number of hydrogen-bond acceptors (Lipinski definition) is 3. The Morgan fingerprint density at radius 1 is 1.44 bits per heavy atom. The molecule has 2 aromatic rings. The highest BCUT2D eigenvalue weighted by molar-refractivity contribution is 5.79. The van der Waals surface area contributed by atoms with E-state index in [0.29, 0.717) is 6.54 Å². The zero-order valence-electron chi connectivity index (χ0n) is 10.6. The quantitative estimate of drug-likeness (QED) is 0.851. The van der Waals surface area contributed by atoms with Crippen molar-refractivity contribution in [2.24, 2.45) is 0 Å². The largest absolute Gasteiger partial charge is 0.481 e. The molecule has 0 saturated heterocycles. The summed E-state index contributed by atoms with van der Waals surface area (Å²) in [5.74, 6) is -0.0734. The number of para-hydroxylation sites is 2. The first-order chi connectivity index (χ1) is 8.58. The van der Waals surface area contributed by atoms with Gasteiger partial charge >= 0.3 is 5.97 Å². The molecule has 0 fully saturated rings. The first-order valence-corrected chi connectivity index (χ1v) is 6.01. The summed E-state index contributed by atoms with van der Waals surface area (Å²) in [4.78, 5) is 15.2. The topological polar surface area (TPSA) is 67.2 Å². The average molecular weight is 247 g/mol. The molecule has 1 heterocycles. The number of aromatic nitrogens is 2. The van der Waals surface area contributed by atoms with Gasteiger partial charge in [-0.25, -0.2) is 4.98 Å². The van der Waals surface area contributed by atoms with Crippen LogP contribution in [0, 0.1) is 0 Å². The van der Waals surface area contributed by atoms with Crippen LogP contribution < -0.4 is 5.32 Å². The molecule has 0 bridgehead atoms. The number of nitrogens with zero attached hydrogens (tertiary/aromatic N) is 2. The van der Waals surface area contributed by atoms with E-state index in [1.165, 1.54) is 0 Å². The molecule has 2 N–H and O–H groups in total. The maximum Gasteiger partial charge on any atom is 0.305 e. The smallest absolute Gasteiger partial charge is 0.305 e. The lowest BCUT2D eigenvalue weighted by atomic mass is 10.3. The first-order valence-electron chi connectivity index (χ1n) is 6.01. The zero-order valence-corrected chi connectivity index (χ0v) is 10.6. The van der Waals surface area contributed by atoms with E-state index in [1.807, 2.05) is 42.7 Å². The van der Waals surface area contributed by atoms with Gasteiger partial charge in [-0.2, -0.15) is 0 Å². The number of aliphatic carboxylic acids is 1. The Morgan fingerprint density at radius 2 is 2.17 bits per heavy atom. The SMILES string of the molecule is CC(C)Nc1nc2ccccc2n1CCC(=O)O. The fraction of sp³-hybridized carbons (Fsp3) is 0.385. The number of hydrogen-bond donors (Lipinski definition) is 2. The third-order valence-electron chi connectivity index (χ3n) is 2.62. The van der Waals surface area contributed by atoms with Crippen LogP contribution in [0.3, 0.4) is 0 Å². The average Bonchev–Trinajstić information content (AvgIpc) is 2.62. The Balaban J connectivity index is 2.40. The van der Waals surface area contributed by atoms with Crippen LogP contribution in [0.1, 0.15) is 20.3 Å². The van der Waals surface area contributed by atoms with Crippen LogP contribution in [0.15, 0.2) is 24.3 Å². The van der Waals surface area contributed by atoms with Crippen molar-refractivity contribution in [1.29, 1.82) is 0 Å². The lowest BCUT2D eigenvalue weighted by molar-refractivity contribution is -0.137. The standard InChI is InChI=1S/C13H17N3O2/c1-9(2)14-13-15-10-5-3-4-6-11(10)16(13)8-7-12(17)18/h3-6,9H,7-8H2,1-2H3,(H,14,15)(H,17,18). The van der Waals surface area contributed by atoms with Crippen molar-refractivity contribution < 1.29 is 9.90 Å². The molecule has 0 spiro atoms. The Morgan fingerprint density at radius 3 is 2.83 bits per heavy atom. The zero-order chi connectivity index (χ0) is 13.1. The minimum Gasteiger partial charge on any atom is -0.481 e. The summed E-state index contributed by atoms with van der Waals surface area (Å²) < 4.78 is 1.92. The number of carboxylic acid groups (broad SMARTS) is 1. The summed E-state index contributed by atoms with van der Waals surface area (Å²) in [6.07, 6.45) is 0.0904. The minimum atomic E-state index is -0.803. The van der Waals surface area contributed by atoms with Gasteiger partial charge in [-0.1, -0.05) is 12.1 Å². The van der Waals surface area contributed by atoms with E-state index in [-0.39, 0.29) is 12.5 Å². The van der Waals surface area contributed by atoms with E-state index >= 15 is 0 Å². The molecule has 0 atom stereocenters. The van der Waals surface area contributed by atoms with Gasteiger partial charge in [-0.05, 0) is 26.0 Å². The summed E-state index contributed by atoms with van der Waals surface area (Å²) in [6, 6.07) is 8.00. The molecular weight excluding hydrogens is 230 g/mol. The second-order valence-electron chi connectivity index (χ2n) is 4.52. The van der Waals surface area contributed by atoms with Gasteiger partial charge in [0.15, 0.2) is 0 Å². The molecule has 0 saturated carbocycles. The monoisotopic (exact) mass is 247 g/mol. The van der Waals surface area contributed by atoms with Crippen LogP contribution in [0.25, 0.3) is 11.0 Å². The van der Waals surface area contributed by atoms with E-state index in [9.17, 15) is 4.79 Å². The van der Waals surface area contributed by atoms with Gasteiger partial charge in [0.2, 0.25) is 5.95 Å². The predicted molar refractivity (Wildman–Crippen MR) is 70.7 cm³/mol. The maximum atomic E-state index is 10.7. The minimum absolute atomic E-state index is 0.0904. The van der Waals surface area contributed by atoms with Crippen LogP contribution >= 0.6 is 0 Å². The molecule has 0 aliphatic rings. The van der Waals surface area contributed by atoms with Crippen LogP contribution in [0.2, 0.25) is 0 Å². The summed E-state index contributed by atoms with van der Waals surface area (Å²) in [7, 11) is 0. The van der Waals surface area contributed by atoms with Crippen molar-refractivity contribution in [3.63, 3.8) is 0 Å². The summed E-state index contributed by atoms with van der Waals surface area (Å²) in [5.41, 5.74) is 1.84. The third-order valence-corrected chi connectivity index (χ3v) is 2.62. The Hall–Kier alpha value is -2.04. The molecule has 0 aliphatic carbocycles. The molecular formula is C13H17N3O2. The van der Waals surface area contributed by atoms with Gasteiger partial charge in [0.25, 0.3) is 0 Å². The maximum absolute atomic E-state index is 10.7. The molecule has 0 radical (unpaired) electrons. The molecule has 5 nitrogen and oxygen atoms in total. The summed E-state index contributed by atoms with van der Waals surface area (Å²) >= 11 is 0. The summed E-state index contributed by atoms with van der Waals surface area (Å²) in [5, 5.41) is 12.0. The second kappa shape index (κ2) is 5.08. The fourth-order valence-corrected chi connectivity index (χ4v) is 1.88. The molecule has 0 aliphatic heterocycles. The number of imidazole rings is 1. The lowest BCUT2D eigenvalue weighted by Gasteiger charge is -2.12. The first kappa shape index (κ1) is 12.4. The van der Waals surface area contributed by atoms with Crippen molar-refractivity contribution in [3.05, 3.63) is 24.3 Å². The van der Waals surface area contributed by atoms with Gasteiger partial charge in [0.05, 0.1) is 17.5 Å². The number of aryl methyl sites for hydroxylation is 1. The van der Waals surface area contributed by atoms with E-state index in [2.05, 4.69) is 10.3 Å². The highest BCUT2D eigenvalue weighted by Gasteiger charge is 2.11. The highest BCUT2D eigenvalue weighted by Crippen LogP contribution is 2.20. The van der Waals surface area contributed by atoms with E-state index < -0.39 is 5.97 Å². The lowest BCUT2D eigenvalue weighted by Crippen LogP contribution is -2.15. The van der Waals surface area contributed by atoms with Gasteiger partial charge in [-0.3, -0.25) is 4.79 Å². The molecule has 1 aromatic carbocycles. The van der Waals surface area contributed by atoms with Gasteiger partial charge < -0.3 is 15.0 Å². The van der Waals surface area contributed by atoms with Gasteiger partial charge in [0.1, 0.15) is 0 Å². The number of rotatable bonds is 5. The van der Waals surface area contributed by atoms with E-state index in [4.69, 9.17) is 5.11 Å². The normalized spacial score (nSPS) is 11.1. The molecule has 2 rings (SSSR count). The third kappa shape index (κ3) is 2.61. The van der Waals surface area contributed by atoms with Gasteiger partial charge in [0, 0.05) is 12.6 Å². The Kier molecular flexibility index (Phi) is 3.50. The van der Waals surface area contributed by atoms with Crippen molar-refractivity contribution in [2.45, 2.75) is 32.9 Å². The van der Waals surface area contributed by atoms with Crippen molar-refractivity contribution in [1.82, 2.24) is 9.55 Å². The molecule has 96 valence electrons. The van der Waals surface area contributed by atoms with Crippen LogP contribution in [-0.4, -0.2) is 26.7 Å². The van der Waals surface area contributed by atoms with Crippen molar-refractivity contribution >= 4 is 23.0 Å². The predicted octanol–water partition coefficient (Wildman–Crippen LogP) is 2.33. The van der Waals surface area contributed by atoms with Crippen LogP contribution in [0.4, 0.5) is 5.95 Å². The second-order valence-corrected chi connectivity index (χ2v) is 4.52. The summed E-state index contributed by atoms with van der Waals surface area (Å²) in [6.45, 7) is 4.48. The van der Waals surface area contributed by atoms with Crippen molar-refractivity contribution in [3.8, 4) is 0 Å². The molecule has 5 heteroatoms. The van der Waals surface area contributed by atoms with Gasteiger partial charge in [-0.15, -0.1) is 0 Å². The number of carbonyl (C=O) groups is 1. The van der Waals surface area contributed by atoms with Crippen LogP contribution in [-0.2, 0) is 11.3 Å². The Labute approximate surface area is 105 Å². The Bertz CT molecular complexity index is 560. The van der Waals surface area contributed by atoms with E-state index in [0.717, 1.165) is 17.0 Å². The number of anilines is 1. The molecule has 18 heavy (non-hydrogen) atoms. The van der Waals surface area contributed by atoms with Crippen molar-refractivity contribution in [2.75, 3.05) is 5.32 Å².